The molecule has 0 bridgehead atoms. The predicted molar refractivity (Wildman–Crippen MR) is 82.8 cm³/mol. The van der Waals surface area contributed by atoms with Gasteiger partial charge in [0.2, 0.25) is 0 Å². The number of nitrogen functional groups attached to an aromatic ring is 2. The van der Waals surface area contributed by atoms with Crippen LogP contribution >= 0.6 is 0 Å². The first-order valence-corrected chi connectivity index (χ1v) is 6.47. The Balaban J connectivity index is 2.52. The van der Waals surface area contributed by atoms with Crippen LogP contribution in [0.5, 0.6) is 5.75 Å². The summed E-state index contributed by atoms with van der Waals surface area (Å²) in [7, 11) is 3.33. The van der Waals surface area contributed by atoms with Crippen LogP contribution in [-0.2, 0) is 11.2 Å². The van der Waals surface area contributed by atoms with Crippen LogP contribution in [0.3, 0.4) is 0 Å². The maximum Gasteiger partial charge on any atom is 0.119 e. The summed E-state index contributed by atoms with van der Waals surface area (Å²) < 4.78 is 10.4. The molecule has 4 N–H and O–H groups in total. The Morgan fingerprint density at radius 3 is 2.55 bits per heavy atom. The van der Waals surface area contributed by atoms with Crippen LogP contribution in [0, 0.1) is 0 Å². The molecule has 4 heteroatoms. The van der Waals surface area contributed by atoms with E-state index in [9.17, 15) is 0 Å². The second-order valence-corrected chi connectivity index (χ2v) is 4.61. The number of methoxy groups -OCH3 is 2. The number of ether oxygens (including phenoxy) is 2. The minimum absolute atomic E-state index is 0.616. The van der Waals surface area contributed by atoms with Crippen molar-refractivity contribution in [2.24, 2.45) is 0 Å². The standard InChI is InChI=1S/C16H20N2O2/c1-19-7-6-14-15(9-12(17)10-16(14)18)11-4-3-5-13(8-11)20-2/h3-5,8-10H,6-7,17-18H2,1-2H3. The van der Waals surface area contributed by atoms with E-state index in [-0.39, 0.29) is 0 Å². The molecule has 0 aliphatic rings. The molecule has 0 aliphatic heterocycles. The number of benzene rings is 2. The van der Waals surface area contributed by atoms with Crippen molar-refractivity contribution in [1.29, 1.82) is 0 Å². The van der Waals surface area contributed by atoms with E-state index in [0.29, 0.717) is 18.0 Å². The second kappa shape index (κ2) is 6.30. The first-order valence-electron chi connectivity index (χ1n) is 6.47. The van der Waals surface area contributed by atoms with Gasteiger partial charge >= 0.3 is 0 Å². The lowest BCUT2D eigenvalue weighted by molar-refractivity contribution is 0.202. The summed E-state index contributed by atoms with van der Waals surface area (Å²) in [6.45, 7) is 0.616. The third kappa shape index (κ3) is 3.03. The number of hydrogen-bond donors (Lipinski definition) is 2. The zero-order valence-corrected chi connectivity index (χ0v) is 11.8. The van der Waals surface area contributed by atoms with Crippen molar-refractivity contribution in [2.75, 3.05) is 32.3 Å². The van der Waals surface area contributed by atoms with E-state index in [4.69, 9.17) is 20.9 Å². The van der Waals surface area contributed by atoms with Crippen LogP contribution < -0.4 is 16.2 Å². The highest BCUT2D eigenvalue weighted by Crippen LogP contribution is 2.32. The largest absolute Gasteiger partial charge is 0.497 e. The molecule has 0 aliphatic carbocycles. The maximum absolute atomic E-state index is 6.10. The summed E-state index contributed by atoms with van der Waals surface area (Å²) in [4.78, 5) is 0. The lowest BCUT2D eigenvalue weighted by Gasteiger charge is -2.14. The van der Waals surface area contributed by atoms with Gasteiger partial charge in [0.05, 0.1) is 13.7 Å². The number of hydrogen-bond acceptors (Lipinski definition) is 4. The summed E-state index contributed by atoms with van der Waals surface area (Å²) >= 11 is 0. The molecule has 0 amide bonds. The van der Waals surface area contributed by atoms with Crippen LogP contribution in [0.15, 0.2) is 36.4 Å². The van der Waals surface area contributed by atoms with E-state index in [1.807, 2.05) is 30.3 Å². The van der Waals surface area contributed by atoms with Gasteiger partial charge in [-0.05, 0) is 47.4 Å². The van der Waals surface area contributed by atoms with Gasteiger partial charge in [-0.2, -0.15) is 0 Å². The lowest BCUT2D eigenvalue weighted by atomic mass is 9.95. The average Bonchev–Trinajstić information content (AvgIpc) is 2.45. The molecule has 4 nitrogen and oxygen atoms in total. The molecule has 0 aromatic heterocycles. The quantitative estimate of drug-likeness (QED) is 0.821. The van der Waals surface area contributed by atoms with Crippen molar-refractivity contribution >= 4 is 11.4 Å². The van der Waals surface area contributed by atoms with E-state index in [2.05, 4.69) is 0 Å². The van der Waals surface area contributed by atoms with Crippen LogP contribution in [0.2, 0.25) is 0 Å². The predicted octanol–water partition coefficient (Wildman–Crippen LogP) is 2.72. The van der Waals surface area contributed by atoms with Gasteiger partial charge in [-0.25, -0.2) is 0 Å². The highest BCUT2D eigenvalue weighted by atomic mass is 16.5. The SMILES string of the molecule is COCCc1c(N)cc(N)cc1-c1cccc(OC)c1. The first kappa shape index (κ1) is 14.2. The van der Waals surface area contributed by atoms with E-state index >= 15 is 0 Å². The molecule has 2 rings (SSSR count). The molecule has 0 radical (unpaired) electrons. The van der Waals surface area contributed by atoms with Crippen molar-refractivity contribution in [3.05, 3.63) is 42.0 Å². The summed E-state index contributed by atoms with van der Waals surface area (Å²) in [6.07, 6.45) is 0.745. The Hall–Kier alpha value is -2.20. The molecular weight excluding hydrogens is 252 g/mol. The van der Waals surface area contributed by atoms with E-state index in [0.717, 1.165) is 28.9 Å². The van der Waals surface area contributed by atoms with E-state index < -0.39 is 0 Å². The van der Waals surface area contributed by atoms with Crippen LogP contribution in [0.25, 0.3) is 11.1 Å². The van der Waals surface area contributed by atoms with Crippen molar-refractivity contribution in [1.82, 2.24) is 0 Å². The third-order valence-electron chi connectivity index (χ3n) is 3.24. The van der Waals surface area contributed by atoms with Crippen LogP contribution in [0.1, 0.15) is 5.56 Å². The van der Waals surface area contributed by atoms with Crippen molar-refractivity contribution in [3.63, 3.8) is 0 Å². The maximum atomic E-state index is 6.10. The van der Waals surface area contributed by atoms with Crippen molar-refractivity contribution < 1.29 is 9.47 Å². The van der Waals surface area contributed by atoms with Gasteiger partial charge in [0.15, 0.2) is 0 Å². The summed E-state index contributed by atoms with van der Waals surface area (Å²) in [5.41, 5.74) is 16.5. The van der Waals surface area contributed by atoms with Crippen LogP contribution in [0.4, 0.5) is 11.4 Å². The fourth-order valence-electron chi connectivity index (χ4n) is 2.25. The first-order chi connectivity index (χ1) is 9.65. The summed E-state index contributed by atoms with van der Waals surface area (Å²) in [5, 5.41) is 0. The zero-order chi connectivity index (χ0) is 14.5. The molecular formula is C16H20N2O2. The normalized spacial score (nSPS) is 10.5. The van der Waals surface area contributed by atoms with Crippen molar-refractivity contribution in [3.8, 4) is 16.9 Å². The summed E-state index contributed by atoms with van der Waals surface area (Å²) in [5.74, 6) is 0.807. The second-order valence-electron chi connectivity index (χ2n) is 4.61. The molecule has 0 atom stereocenters. The Labute approximate surface area is 119 Å². The fourth-order valence-corrected chi connectivity index (χ4v) is 2.25. The Kier molecular flexibility index (Phi) is 4.48. The monoisotopic (exact) mass is 272 g/mol. The van der Waals surface area contributed by atoms with Gasteiger partial charge in [0, 0.05) is 18.5 Å². The van der Waals surface area contributed by atoms with Gasteiger partial charge in [-0.1, -0.05) is 12.1 Å². The highest BCUT2D eigenvalue weighted by molar-refractivity contribution is 5.78. The molecule has 0 spiro atoms. The molecule has 2 aromatic rings. The average molecular weight is 272 g/mol. The Bertz CT molecular complexity index is 597. The van der Waals surface area contributed by atoms with Gasteiger partial charge in [-0.15, -0.1) is 0 Å². The number of rotatable bonds is 5. The molecule has 0 heterocycles. The Morgan fingerprint density at radius 2 is 1.85 bits per heavy atom. The van der Waals surface area contributed by atoms with Gasteiger partial charge in [-0.3, -0.25) is 0 Å². The fraction of sp³-hybridized carbons (Fsp3) is 0.250. The highest BCUT2D eigenvalue weighted by Gasteiger charge is 2.11. The smallest absolute Gasteiger partial charge is 0.119 e. The molecule has 0 saturated carbocycles. The minimum Gasteiger partial charge on any atom is -0.497 e. The lowest BCUT2D eigenvalue weighted by Crippen LogP contribution is -2.03. The molecule has 0 unspecified atom stereocenters. The molecule has 106 valence electrons. The van der Waals surface area contributed by atoms with Crippen LogP contribution in [-0.4, -0.2) is 20.8 Å². The van der Waals surface area contributed by atoms with E-state index in [1.165, 1.54) is 0 Å². The zero-order valence-electron chi connectivity index (χ0n) is 11.8. The number of anilines is 2. The molecule has 0 saturated heterocycles. The molecule has 20 heavy (non-hydrogen) atoms. The minimum atomic E-state index is 0.616. The topological polar surface area (TPSA) is 70.5 Å². The number of nitrogens with two attached hydrogens (primary N) is 2. The van der Waals surface area contributed by atoms with Gasteiger partial charge in [0.1, 0.15) is 5.75 Å². The van der Waals surface area contributed by atoms with Gasteiger partial charge in [0.25, 0.3) is 0 Å². The Morgan fingerprint density at radius 1 is 1.05 bits per heavy atom. The van der Waals surface area contributed by atoms with Crippen molar-refractivity contribution in [2.45, 2.75) is 6.42 Å². The molecule has 0 fully saturated rings. The summed E-state index contributed by atoms with van der Waals surface area (Å²) in [6, 6.07) is 11.6. The van der Waals surface area contributed by atoms with Gasteiger partial charge < -0.3 is 20.9 Å². The molecule has 2 aromatic carbocycles. The van der Waals surface area contributed by atoms with E-state index in [1.54, 1.807) is 20.3 Å². The third-order valence-corrected chi connectivity index (χ3v) is 3.24.